The second kappa shape index (κ2) is 6.43. The average Bonchev–Trinajstić information content (AvgIpc) is 2.13. The van der Waals surface area contributed by atoms with Crippen LogP contribution in [0.4, 0.5) is 0 Å². The summed E-state index contributed by atoms with van der Waals surface area (Å²) in [5.74, 6) is -0.933. The lowest BCUT2D eigenvalue weighted by Gasteiger charge is -2.27. The Morgan fingerprint density at radius 1 is 1.33 bits per heavy atom. The Hall–Kier alpha value is -1.06. The molecule has 0 spiro atoms. The molecule has 0 aromatic carbocycles. The van der Waals surface area contributed by atoms with E-state index in [1.807, 2.05) is 13.8 Å². The second-order valence-electron chi connectivity index (χ2n) is 4.14. The van der Waals surface area contributed by atoms with Gasteiger partial charge in [0, 0.05) is 12.0 Å². The van der Waals surface area contributed by atoms with Crippen LogP contribution in [0.5, 0.6) is 0 Å². The molecule has 1 amide bonds. The van der Waals surface area contributed by atoms with Gasteiger partial charge in [-0.1, -0.05) is 20.3 Å². The third-order valence-electron chi connectivity index (χ3n) is 2.52. The van der Waals surface area contributed by atoms with Crippen molar-refractivity contribution in [1.82, 2.24) is 5.32 Å². The zero-order valence-electron chi connectivity index (χ0n) is 9.80. The monoisotopic (exact) mass is 215 g/mol. The fraction of sp³-hybridized carbons (Fsp3) is 0.818. The molecule has 0 aromatic rings. The standard InChI is InChI=1S/C11H21NO3/c1-4-6-7-9(13)12-11(3,5-2)8-10(14)15/h4-8H2,1-3H3,(H,12,13)(H,14,15). The number of rotatable bonds is 7. The summed E-state index contributed by atoms with van der Waals surface area (Å²) < 4.78 is 0. The Balaban J connectivity index is 4.17. The summed E-state index contributed by atoms with van der Waals surface area (Å²) >= 11 is 0. The summed E-state index contributed by atoms with van der Waals surface area (Å²) in [6.45, 7) is 5.66. The van der Waals surface area contributed by atoms with Crippen LogP contribution in [0, 0.1) is 0 Å². The van der Waals surface area contributed by atoms with Crippen molar-refractivity contribution in [2.45, 2.75) is 58.4 Å². The molecule has 0 aliphatic heterocycles. The summed E-state index contributed by atoms with van der Waals surface area (Å²) in [7, 11) is 0. The molecule has 0 saturated carbocycles. The van der Waals surface area contributed by atoms with Crippen molar-refractivity contribution in [1.29, 1.82) is 0 Å². The molecule has 1 atom stereocenters. The average molecular weight is 215 g/mol. The molecule has 0 heterocycles. The first-order valence-corrected chi connectivity index (χ1v) is 5.46. The number of amides is 1. The molecule has 15 heavy (non-hydrogen) atoms. The summed E-state index contributed by atoms with van der Waals surface area (Å²) in [6, 6.07) is 0. The number of carbonyl (C=O) groups is 2. The Bertz CT molecular complexity index is 228. The molecular formula is C11H21NO3. The SMILES string of the molecule is CCCCC(=O)NC(C)(CC)CC(=O)O. The van der Waals surface area contributed by atoms with Crippen molar-refractivity contribution in [2.24, 2.45) is 0 Å². The van der Waals surface area contributed by atoms with E-state index >= 15 is 0 Å². The summed E-state index contributed by atoms with van der Waals surface area (Å²) in [4.78, 5) is 22.1. The lowest BCUT2D eigenvalue weighted by Crippen LogP contribution is -2.46. The number of hydrogen-bond acceptors (Lipinski definition) is 2. The number of aliphatic carboxylic acids is 1. The van der Waals surface area contributed by atoms with Gasteiger partial charge in [0.15, 0.2) is 0 Å². The minimum Gasteiger partial charge on any atom is -0.481 e. The third kappa shape index (κ3) is 6.10. The molecule has 1 unspecified atom stereocenters. The molecule has 4 heteroatoms. The highest BCUT2D eigenvalue weighted by molar-refractivity contribution is 5.78. The topological polar surface area (TPSA) is 66.4 Å². The summed E-state index contributed by atoms with van der Waals surface area (Å²) in [5.41, 5.74) is -0.614. The Morgan fingerprint density at radius 2 is 1.93 bits per heavy atom. The van der Waals surface area contributed by atoms with Gasteiger partial charge < -0.3 is 10.4 Å². The minimum atomic E-state index is -0.879. The van der Waals surface area contributed by atoms with Gasteiger partial charge in [0.25, 0.3) is 0 Å². The summed E-state index contributed by atoms with van der Waals surface area (Å²) in [6.07, 6.45) is 2.89. The van der Waals surface area contributed by atoms with Gasteiger partial charge in [-0.25, -0.2) is 0 Å². The molecule has 0 rings (SSSR count). The largest absolute Gasteiger partial charge is 0.481 e. The number of hydrogen-bond donors (Lipinski definition) is 2. The van der Waals surface area contributed by atoms with Gasteiger partial charge in [-0.05, 0) is 19.8 Å². The maximum atomic E-state index is 11.5. The first-order chi connectivity index (χ1) is 6.93. The molecule has 0 bridgehead atoms. The highest BCUT2D eigenvalue weighted by atomic mass is 16.4. The van der Waals surface area contributed by atoms with E-state index in [9.17, 15) is 9.59 Å². The van der Waals surface area contributed by atoms with Crippen molar-refractivity contribution in [3.05, 3.63) is 0 Å². The highest BCUT2D eigenvalue weighted by Gasteiger charge is 2.26. The predicted molar refractivity (Wildman–Crippen MR) is 58.6 cm³/mol. The molecule has 0 fully saturated rings. The van der Waals surface area contributed by atoms with Crippen molar-refractivity contribution in [2.75, 3.05) is 0 Å². The number of carboxylic acid groups (broad SMARTS) is 1. The highest BCUT2D eigenvalue weighted by Crippen LogP contribution is 2.14. The third-order valence-corrected chi connectivity index (χ3v) is 2.52. The van der Waals surface area contributed by atoms with Crippen LogP contribution in [0.25, 0.3) is 0 Å². The molecule has 0 aliphatic rings. The first-order valence-electron chi connectivity index (χ1n) is 5.46. The van der Waals surface area contributed by atoms with E-state index in [-0.39, 0.29) is 12.3 Å². The lowest BCUT2D eigenvalue weighted by molar-refractivity contribution is -0.139. The zero-order valence-corrected chi connectivity index (χ0v) is 9.80. The Morgan fingerprint density at radius 3 is 2.33 bits per heavy atom. The van der Waals surface area contributed by atoms with E-state index in [1.54, 1.807) is 6.92 Å². The van der Waals surface area contributed by atoms with Crippen LogP contribution in [-0.2, 0) is 9.59 Å². The maximum Gasteiger partial charge on any atom is 0.305 e. The molecule has 2 N–H and O–H groups in total. The Kier molecular flexibility index (Phi) is 5.97. The van der Waals surface area contributed by atoms with Gasteiger partial charge in [-0.3, -0.25) is 9.59 Å². The molecular weight excluding hydrogens is 194 g/mol. The molecule has 0 radical (unpaired) electrons. The van der Waals surface area contributed by atoms with Crippen LogP contribution in [0.15, 0.2) is 0 Å². The van der Waals surface area contributed by atoms with Crippen LogP contribution in [0.2, 0.25) is 0 Å². The molecule has 88 valence electrons. The van der Waals surface area contributed by atoms with Crippen LogP contribution >= 0.6 is 0 Å². The fourth-order valence-electron chi connectivity index (χ4n) is 1.33. The maximum absolute atomic E-state index is 11.5. The van der Waals surface area contributed by atoms with Crippen LogP contribution in [0.3, 0.4) is 0 Å². The number of carbonyl (C=O) groups excluding carboxylic acids is 1. The molecule has 4 nitrogen and oxygen atoms in total. The van der Waals surface area contributed by atoms with Gasteiger partial charge >= 0.3 is 5.97 Å². The smallest absolute Gasteiger partial charge is 0.305 e. The summed E-state index contributed by atoms with van der Waals surface area (Å²) in [5, 5.41) is 11.5. The van der Waals surface area contributed by atoms with Crippen molar-refractivity contribution in [3.63, 3.8) is 0 Å². The van der Waals surface area contributed by atoms with Crippen LogP contribution in [-0.4, -0.2) is 22.5 Å². The van der Waals surface area contributed by atoms with E-state index in [1.165, 1.54) is 0 Å². The quantitative estimate of drug-likeness (QED) is 0.682. The minimum absolute atomic E-state index is 0.0264. The molecule has 0 saturated heterocycles. The van der Waals surface area contributed by atoms with Crippen LogP contribution in [0.1, 0.15) is 52.9 Å². The molecule has 0 aliphatic carbocycles. The number of unbranched alkanes of at least 4 members (excludes halogenated alkanes) is 1. The van der Waals surface area contributed by atoms with E-state index in [0.29, 0.717) is 12.8 Å². The molecule has 0 aromatic heterocycles. The second-order valence-corrected chi connectivity index (χ2v) is 4.14. The van der Waals surface area contributed by atoms with Gasteiger partial charge in [0.05, 0.1) is 6.42 Å². The lowest BCUT2D eigenvalue weighted by atomic mass is 9.94. The van der Waals surface area contributed by atoms with Crippen molar-refractivity contribution in [3.8, 4) is 0 Å². The zero-order chi connectivity index (χ0) is 11.9. The van der Waals surface area contributed by atoms with Crippen molar-refractivity contribution >= 4 is 11.9 Å². The van der Waals surface area contributed by atoms with E-state index < -0.39 is 11.5 Å². The predicted octanol–water partition coefficient (Wildman–Crippen LogP) is 1.94. The first kappa shape index (κ1) is 13.9. The fourth-order valence-corrected chi connectivity index (χ4v) is 1.33. The van der Waals surface area contributed by atoms with Gasteiger partial charge in [0.1, 0.15) is 0 Å². The van der Waals surface area contributed by atoms with E-state index in [0.717, 1.165) is 12.8 Å². The normalized spacial score (nSPS) is 14.3. The van der Waals surface area contributed by atoms with Gasteiger partial charge in [0.2, 0.25) is 5.91 Å². The number of carboxylic acids is 1. The van der Waals surface area contributed by atoms with Crippen molar-refractivity contribution < 1.29 is 14.7 Å². The number of nitrogens with one attached hydrogen (secondary N) is 1. The Labute approximate surface area is 91.1 Å². The van der Waals surface area contributed by atoms with Gasteiger partial charge in [-0.2, -0.15) is 0 Å². The van der Waals surface area contributed by atoms with Gasteiger partial charge in [-0.15, -0.1) is 0 Å². The van der Waals surface area contributed by atoms with E-state index in [4.69, 9.17) is 5.11 Å². The van der Waals surface area contributed by atoms with Crippen LogP contribution < -0.4 is 5.32 Å². The van der Waals surface area contributed by atoms with E-state index in [2.05, 4.69) is 5.32 Å².